The molecule has 620 valence electrons. The predicted molar refractivity (Wildman–Crippen MR) is 419 cm³/mol. The van der Waals surface area contributed by atoms with E-state index in [2.05, 4.69) is 21.3 Å². The number of aromatic nitrogens is 1. The van der Waals surface area contributed by atoms with Crippen LogP contribution in [-0.2, 0) is 57.4 Å². The molecule has 3 aromatic rings. The average molecular weight is 1600 g/mol. The number of fused-ring (bicyclic) bond motifs is 8. The van der Waals surface area contributed by atoms with E-state index >= 15 is 9.59 Å². The molecule has 8 amide bonds. The van der Waals surface area contributed by atoms with Gasteiger partial charge in [-0.2, -0.15) is 0 Å². The van der Waals surface area contributed by atoms with Crippen LogP contribution in [0.4, 0.5) is 5.69 Å². The van der Waals surface area contributed by atoms with Crippen LogP contribution in [-0.4, -0.2) is 224 Å². The zero-order chi connectivity index (χ0) is 84.6. The number of hydrogen-bond acceptors (Lipinski definition) is 24. The maximum Gasteiger partial charge on any atom is 0.329 e. The molecule has 3 aliphatic carbocycles. The number of carbonyl (C=O) groups excluding carboxylic acids is 12. The van der Waals surface area contributed by atoms with Crippen molar-refractivity contribution in [2.75, 3.05) is 75.0 Å². The minimum absolute atomic E-state index is 0.0298. The van der Waals surface area contributed by atoms with E-state index in [1.807, 2.05) is 18.2 Å². The number of amides is 8. The highest BCUT2D eigenvalue weighted by Gasteiger charge is 2.50. The summed E-state index contributed by atoms with van der Waals surface area (Å²) in [5.41, 5.74) is 5.84. The van der Waals surface area contributed by atoms with E-state index in [0.717, 1.165) is 15.4 Å². The molecule has 0 bridgehead atoms. The highest BCUT2D eigenvalue weighted by atomic mass is 16.7. The van der Waals surface area contributed by atoms with Gasteiger partial charge in [0.1, 0.15) is 64.8 Å². The van der Waals surface area contributed by atoms with Gasteiger partial charge in [0.15, 0.2) is 41.0 Å². The van der Waals surface area contributed by atoms with Gasteiger partial charge >= 0.3 is 11.9 Å². The van der Waals surface area contributed by atoms with Crippen molar-refractivity contribution in [3.63, 3.8) is 0 Å². The molecule has 0 radical (unpaired) electrons. The molecule has 0 aromatic heterocycles. The lowest BCUT2D eigenvalue weighted by atomic mass is 9.83. The van der Waals surface area contributed by atoms with Crippen molar-refractivity contribution in [3.05, 3.63) is 86.1 Å². The van der Waals surface area contributed by atoms with Crippen molar-refractivity contribution in [1.82, 2.24) is 45.9 Å². The number of benzene rings is 4. The van der Waals surface area contributed by atoms with E-state index in [1.54, 1.807) is 102 Å². The van der Waals surface area contributed by atoms with Gasteiger partial charge in [-0.3, -0.25) is 52.7 Å². The standard InChI is InChI=1S/C64H88N10O16.C19H18O6/c1-27(2)44-53(78)35-19-17-21-37(35)61(84)71(13)25-40(75)73(15)50(29(5)6)63(86)88-33(11)46(59(82)67-44)69-57(80)39-24-23-31(9)55-48(39)66-49-42(43(65)52(77)32(10)56(49)90-55)58(81)70-47-34(12)89-64(87)51(30(7)8)74(16)41(76)26-72(14)62(85)38-22-18-20-36(38)54(79)45(28(3)4)68-60(47)83;1-21-12-5-4-11-6-14-13-8-17(22-2)18(23-3)9-16(13)24-10-19(14,20)25-15(11)7-12/h23-24,27-30,33-38,44-47,50-51H,17-22,25-26,65H2,1-16H3,(H,67,82)(H,68,83)(H,69,80)(H,70,81);4-9,20H,10H2,1-3H3. The fraction of sp³-hybridized carbons (Fsp3) is 0.542. The summed E-state index contributed by atoms with van der Waals surface area (Å²) >= 11 is 0. The Balaban J connectivity index is 0.000000468. The number of cyclic esters (lactones) is 2. The summed E-state index contributed by atoms with van der Waals surface area (Å²) in [5.74, 6) is -13.6. The van der Waals surface area contributed by atoms with E-state index in [9.17, 15) is 57.8 Å². The van der Waals surface area contributed by atoms with Crippen LogP contribution in [0.5, 0.6) is 28.7 Å². The summed E-state index contributed by atoms with van der Waals surface area (Å²) in [7, 11) is 10.4. The van der Waals surface area contributed by atoms with E-state index < -0.39 is 202 Å². The molecule has 115 heavy (non-hydrogen) atoms. The zero-order valence-electron chi connectivity index (χ0n) is 68.6. The summed E-state index contributed by atoms with van der Waals surface area (Å²) in [6.07, 6.45) is 1.24. The van der Waals surface area contributed by atoms with E-state index in [0.29, 0.717) is 84.0 Å². The highest BCUT2D eigenvalue weighted by Crippen LogP contribution is 2.50. The number of rotatable bonds is 11. The molecule has 2 saturated heterocycles. The minimum atomic E-state index is -1.86. The summed E-state index contributed by atoms with van der Waals surface area (Å²) < 4.78 is 45.8. The molecule has 13 atom stereocenters. The second kappa shape index (κ2) is 34.9. The van der Waals surface area contributed by atoms with Crippen LogP contribution in [0.3, 0.4) is 0 Å². The van der Waals surface area contributed by atoms with Crippen LogP contribution in [0.25, 0.3) is 34.2 Å². The number of ether oxygens (including phenoxy) is 7. The first kappa shape index (κ1) is 86.2. The quantitative estimate of drug-likeness (QED) is 0.0544. The van der Waals surface area contributed by atoms with Gasteiger partial charge < -0.3 is 89.3 Å². The first-order valence-corrected chi connectivity index (χ1v) is 38.8. The number of esters is 2. The van der Waals surface area contributed by atoms with Gasteiger partial charge in [0, 0.05) is 86.3 Å². The van der Waals surface area contributed by atoms with Crippen molar-refractivity contribution in [2.45, 2.75) is 176 Å². The number of Topliss-reactive ketones (excluding diaryl/α,β-unsaturated/α-hetero) is 2. The van der Waals surface area contributed by atoms with Gasteiger partial charge in [-0.1, -0.05) is 74.3 Å². The molecular formula is C83H106N10O22. The molecule has 8 aliphatic rings. The zero-order valence-corrected chi connectivity index (χ0v) is 68.6. The largest absolute Gasteiger partial charge is 0.497 e. The number of nitrogens with two attached hydrogens (primary N) is 1. The third-order valence-electron chi connectivity index (χ3n) is 22.8. The Morgan fingerprint density at radius 2 is 1.11 bits per heavy atom. The summed E-state index contributed by atoms with van der Waals surface area (Å²) in [6.45, 7) is 18.2. The second-order valence-electron chi connectivity index (χ2n) is 32.1. The molecule has 0 spiro atoms. The van der Waals surface area contributed by atoms with Crippen LogP contribution >= 0.6 is 0 Å². The second-order valence-corrected chi connectivity index (χ2v) is 32.1. The monoisotopic (exact) mass is 1590 g/mol. The Kier molecular flexibility index (Phi) is 26.2. The van der Waals surface area contributed by atoms with Crippen LogP contribution < -0.4 is 56.1 Å². The fourth-order valence-electron chi connectivity index (χ4n) is 16.3. The van der Waals surface area contributed by atoms with Crippen molar-refractivity contribution in [2.24, 2.45) is 47.3 Å². The first-order chi connectivity index (χ1) is 54.2. The number of ketones is 2. The first-order valence-electron chi connectivity index (χ1n) is 38.8. The number of aliphatic hydroxyl groups is 1. The lowest BCUT2D eigenvalue weighted by Gasteiger charge is -2.39. The van der Waals surface area contributed by atoms with E-state index in [1.165, 1.54) is 70.9 Å². The number of hydrogen-bond donors (Lipinski definition) is 6. The van der Waals surface area contributed by atoms with Crippen molar-refractivity contribution in [3.8, 4) is 40.2 Å². The number of carbonyl (C=O) groups is 12. The van der Waals surface area contributed by atoms with Crippen LogP contribution in [0, 0.1) is 61.2 Å². The van der Waals surface area contributed by atoms with Gasteiger partial charge in [0.25, 0.3) is 17.6 Å². The Hall–Kier alpha value is -11.2. The lowest BCUT2D eigenvalue weighted by Crippen LogP contribution is -2.59. The van der Waals surface area contributed by atoms with Gasteiger partial charge in [0.2, 0.25) is 40.9 Å². The van der Waals surface area contributed by atoms with Crippen LogP contribution in [0.2, 0.25) is 0 Å². The third kappa shape index (κ3) is 17.3. The van der Waals surface area contributed by atoms with Crippen molar-refractivity contribution in [1.29, 1.82) is 0 Å². The maximum absolute atomic E-state index is 15.2. The smallest absolute Gasteiger partial charge is 0.329 e. The Morgan fingerprint density at radius 3 is 1.59 bits per heavy atom. The number of aryl methyl sites for hydroxylation is 1. The summed E-state index contributed by atoms with van der Waals surface area (Å²) in [4.78, 5) is 197. The molecule has 2 saturated carbocycles. The number of likely N-dealkylation sites (N-methyl/N-ethyl adjacent to an activating group) is 4. The average Bonchev–Trinajstić information content (AvgIpc) is 1.40. The third-order valence-corrected chi connectivity index (χ3v) is 22.8. The van der Waals surface area contributed by atoms with Crippen molar-refractivity contribution < 1.29 is 100 Å². The molecule has 7 N–H and O–H groups in total. The molecule has 5 heterocycles. The summed E-state index contributed by atoms with van der Waals surface area (Å²) in [5, 5.41) is 21.8. The van der Waals surface area contributed by atoms with Gasteiger partial charge in [0.05, 0.1) is 63.3 Å². The molecular weight excluding hydrogens is 1490 g/mol. The molecule has 5 aliphatic heterocycles. The summed E-state index contributed by atoms with van der Waals surface area (Å²) in [6, 6.07) is 3.29. The molecule has 32 nitrogen and oxygen atoms in total. The highest BCUT2D eigenvalue weighted by molar-refractivity contribution is 6.11. The van der Waals surface area contributed by atoms with Gasteiger partial charge in [-0.15, -0.1) is 0 Å². The minimum Gasteiger partial charge on any atom is -0.497 e. The van der Waals surface area contributed by atoms with Crippen LogP contribution in [0.1, 0.15) is 151 Å². The van der Waals surface area contributed by atoms with Gasteiger partial charge in [-0.05, 0) is 113 Å². The fourth-order valence-corrected chi connectivity index (χ4v) is 16.3. The molecule has 32 heteroatoms. The molecule has 3 aromatic carbocycles. The normalized spacial score (nSPS) is 26.1. The molecule has 4 fully saturated rings. The molecule has 11 rings (SSSR count). The Labute approximate surface area is 666 Å². The maximum atomic E-state index is 15.2. The number of anilines is 1. The van der Waals surface area contributed by atoms with E-state index in [-0.39, 0.29) is 40.3 Å². The van der Waals surface area contributed by atoms with Crippen molar-refractivity contribution >= 4 is 99.2 Å². The SMILES string of the molecule is COc1ccc2c(c1)OC1(O)COc3cc(OC)c(OC)cc3C1=C2.Cc1c2oc3c(C)ccc(C(=O)NC4C(=O)NC(C(C)C)C(=O)C5CCCC5C(=O)N(C)CC(=O)N(C)C(C(C)C)C(=O)OC4C)c3nc-2c(C(=O)NC2C(=O)NC(C(C)C)C(=O)C3CCCC3C(=O)N(C)CC(=O)N(C)C(C(C)C)C(=O)OC2C)c(N)c1=O. The van der Waals surface area contributed by atoms with Crippen LogP contribution in [0.15, 0.2) is 51.7 Å². The van der Waals surface area contributed by atoms with E-state index in [4.69, 9.17) is 48.3 Å². The Morgan fingerprint density at radius 1 is 0.626 bits per heavy atom. The topological polar surface area (TPSA) is 420 Å². The van der Waals surface area contributed by atoms with Gasteiger partial charge in [-0.25, -0.2) is 14.6 Å². The number of nitrogens with zero attached hydrogens (tertiary/aromatic N) is 5. The number of methoxy groups -OCH3 is 3. The number of nitrogen functional groups attached to an aromatic ring is 1. The predicted octanol–water partition coefficient (Wildman–Crippen LogP) is 5.44. The lowest BCUT2D eigenvalue weighted by molar-refractivity contribution is -0.163. The Bertz CT molecular complexity index is 4760. The number of nitrogens with one attached hydrogen (secondary N) is 4. The molecule has 13 unspecified atom stereocenters.